The molecule has 7 nitrogen and oxygen atoms in total. The Hall–Kier alpha value is -1.96. The maximum absolute atomic E-state index is 12.5. The second-order valence-corrected chi connectivity index (χ2v) is 7.97. The van der Waals surface area contributed by atoms with E-state index >= 15 is 0 Å². The van der Waals surface area contributed by atoms with Gasteiger partial charge >= 0.3 is 0 Å². The Morgan fingerprint density at radius 2 is 1.96 bits per heavy atom. The number of hydrogen-bond acceptors (Lipinski definition) is 6. The summed E-state index contributed by atoms with van der Waals surface area (Å²) in [5.74, 6) is 0.903. The molecule has 0 radical (unpaired) electrons. The highest BCUT2D eigenvalue weighted by molar-refractivity contribution is 7.20. The minimum atomic E-state index is -0.227. The molecule has 0 N–H and O–H groups in total. The maximum Gasteiger partial charge on any atom is 0.274 e. The largest absolute Gasteiger partial charge is 0.343 e. The van der Waals surface area contributed by atoms with Crippen molar-refractivity contribution in [3.8, 4) is 0 Å². The van der Waals surface area contributed by atoms with Crippen molar-refractivity contribution in [1.29, 1.82) is 0 Å². The Kier molecular flexibility index (Phi) is 4.45. The van der Waals surface area contributed by atoms with E-state index in [-0.39, 0.29) is 5.56 Å². The van der Waals surface area contributed by atoms with E-state index in [4.69, 9.17) is 0 Å². The molecule has 2 fully saturated rings. The molecular weight excluding hydrogens is 338 g/mol. The fourth-order valence-electron chi connectivity index (χ4n) is 3.81. The molecule has 4 rings (SSSR count). The van der Waals surface area contributed by atoms with E-state index in [1.165, 1.54) is 43.1 Å². The average molecular weight is 361 g/mol. The topological polar surface area (TPSA) is 70.8 Å². The molecule has 1 saturated carbocycles. The lowest BCUT2D eigenvalue weighted by atomic mass is 10.0. The molecule has 0 bridgehead atoms. The first-order valence-corrected chi connectivity index (χ1v) is 9.82. The molecular formula is C17H23N5O2S. The number of hydrogen-bond donors (Lipinski definition) is 0. The Bertz CT molecular complexity index is 831. The molecule has 1 aliphatic heterocycles. The molecule has 0 unspecified atom stereocenters. The van der Waals surface area contributed by atoms with Gasteiger partial charge in [0.2, 0.25) is 16.0 Å². The number of aromatic nitrogens is 3. The molecule has 1 saturated heterocycles. The summed E-state index contributed by atoms with van der Waals surface area (Å²) in [6, 6.07) is 1.50. The average Bonchev–Trinajstić information content (AvgIpc) is 3.24. The van der Waals surface area contributed by atoms with Gasteiger partial charge in [-0.3, -0.25) is 9.59 Å². The zero-order chi connectivity index (χ0) is 17.4. The van der Waals surface area contributed by atoms with Crippen LogP contribution in [0, 0.1) is 12.8 Å². The molecule has 0 spiro atoms. The van der Waals surface area contributed by atoms with Crippen LogP contribution in [0.4, 0.5) is 5.13 Å². The van der Waals surface area contributed by atoms with E-state index in [0.717, 1.165) is 37.0 Å². The van der Waals surface area contributed by atoms with Crippen LogP contribution in [0.2, 0.25) is 0 Å². The summed E-state index contributed by atoms with van der Waals surface area (Å²) >= 11 is 1.43. The van der Waals surface area contributed by atoms with Crippen molar-refractivity contribution < 1.29 is 4.79 Å². The highest BCUT2D eigenvalue weighted by atomic mass is 32.1. The van der Waals surface area contributed by atoms with Gasteiger partial charge in [0.05, 0.1) is 0 Å². The van der Waals surface area contributed by atoms with Gasteiger partial charge in [-0.2, -0.15) is 4.98 Å². The molecule has 8 heteroatoms. The van der Waals surface area contributed by atoms with E-state index in [0.29, 0.717) is 23.2 Å². The van der Waals surface area contributed by atoms with Crippen molar-refractivity contribution in [2.75, 3.05) is 31.1 Å². The van der Waals surface area contributed by atoms with Crippen LogP contribution in [0.1, 0.15) is 37.8 Å². The van der Waals surface area contributed by atoms with Crippen LogP contribution >= 0.6 is 11.3 Å². The van der Waals surface area contributed by atoms with E-state index in [2.05, 4.69) is 15.0 Å². The number of anilines is 1. The highest BCUT2D eigenvalue weighted by Crippen LogP contribution is 2.28. The first-order valence-electron chi connectivity index (χ1n) is 9.00. The van der Waals surface area contributed by atoms with Crippen LogP contribution in [0.5, 0.6) is 0 Å². The molecule has 134 valence electrons. The molecule has 3 heterocycles. The number of amides is 1. The van der Waals surface area contributed by atoms with Gasteiger partial charge in [0, 0.05) is 44.4 Å². The van der Waals surface area contributed by atoms with E-state index in [9.17, 15) is 9.59 Å². The van der Waals surface area contributed by atoms with Gasteiger partial charge in [-0.05, 0) is 25.7 Å². The normalized spacial score (nSPS) is 19.1. The van der Waals surface area contributed by atoms with Crippen LogP contribution < -0.4 is 10.5 Å². The van der Waals surface area contributed by atoms with Gasteiger partial charge in [-0.1, -0.05) is 24.2 Å². The zero-order valence-corrected chi connectivity index (χ0v) is 15.3. The number of piperazine rings is 1. The molecule has 0 atom stereocenters. The van der Waals surface area contributed by atoms with Crippen molar-refractivity contribution in [2.45, 2.75) is 39.0 Å². The maximum atomic E-state index is 12.5. The standard InChI is InChI=1S/C17H23N5O2S/c1-12-10-14(23)18-16-22(12)19-17(25-16)21-8-6-20(7-9-21)15(24)11-13-4-2-3-5-13/h10,13H,2-9,11H2,1H3. The summed E-state index contributed by atoms with van der Waals surface area (Å²) in [7, 11) is 0. The van der Waals surface area contributed by atoms with Gasteiger partial charge in [0.1, 0.15) is 0 Å². The lowest BCUT2D eigenvalue weighted by Crippen LogP contribution is -2.49. The Balaban J connectivity index is 1.40. The Morgan fingerprint density at radius 1 is 1.24 bits per heavy atom. The lowest BCUT2D eigenvalue weighted by Gasteiger charge is -2.34. The molecule has 2 aliphatic rings. The Morgan fingerprint density at radius 3 is 2.68 bits per heavy atom. The van der Waals surface area contributed by atoms with Crippen molar-refractivity contribution in [3.63, 3.8) is 0 Å². The van der Waals surface area contributed by atoms with Crippen molar-refractivity contribution >= 4 is 27.3 Å². The van der Waals surface area contributed by atoms with Crippen LogP contribution in [-0.2, 0) is 4.79 Å². The number of aryl methyl sites for hydroxylation is 1. The van der Waals surface area contributed by atoms with Gasteiger partial charge < -0.3 is 9.80 Å². The second kappa shape index (κ2) is 6.74. The third-order valence-electron chi connectivity index (χ3n) is 5.26. The summed E-state index contributed by atoms with van der Waals surface area (Å²) in [6.45, 7) is 4.90. The monoisotopic (exact) mass is 361 g/mol. The summed E-state index contributed by atoms with van der Waals surface area (Å²) in [6.07, 6.45) is 5.69. The third kappa shape index (κ3) is 3.40. The van der Waals surface area contributed by atoms with Crippen molar-refractivity contribution in [1.82, 2.24) is 19.5 Å². The molecule has 1 amide bonds. The zero-order valence-electron chi connectivity index (χ0n) is 14.5. The van der Waals surface area contributed by atoms with Gasteiger partial charge in [-0.25, -0.2) is 4.52 Å². The van der Waals surface area contributed by atoms with E-state index < -0.39 is 0 Å². The molecule has 25 heavy (non-hydrogen) atoms. The first kappa shape index (κ1) is 16.5. The summed E-state index contributed by atoms with van der Waals surface area (Å²) in [5, 5.41) is 5.45. The molecule has 2 aromatic heterocycles. The summed E-state index contributed by atoms with van der Waals surface area (Å²) < 4.78 is 1.72. The summed E-state index contributed by atoms with van der Waals surface area (Å²) in [4.78, 5) is 32.8. The van der Waals surface area contributed by atoms with Crippen molar-refractivity contribution in [2.24, 2.45) is 5.92 Å². The number of carbonyl (C=O) groups is 1. The quantitative estimate of drug-likeness (QED) is 0.832. The van der Waals surface area contributed by atoms with E-state index in [1.807, 2.05) is 11.8 Å². The first-order chi connectivity index (χ1) is 12.1. The lowest BCUT2D eigenvalue weighted by molar-refractivity contribution is -0.132. The predicted molar refractivity (Wildman–Crippen MR) is 97.2 cm³/mol. The molecule has 2 aromatic rings. The minimum absolute atomic E-state index is 0.227. The number of carbonyl (C=O) groups excluding carboxylic acids is 1. The smallest absolute Gasteiger partial charge is 0.274 e. The van der Waals surface area contributed by atoms with Crippen LogP contribution in [-0.4, -0.2) is 51.6 Å². The van der Waals surface area contributed by atoms with Gasteiger partial charge in [-0.15, -0.1) is 5.10 Å². The third-order valence-corrected chi connectivity index (χ3v) is 6.23. The SMILES string of the molecule is Cc1cc(=O)nc2sc(N3CCN(C(=O)CC4CCCC4)CC3)nn12. The van der Waals surface area contributed by atoms with Crippen LogP contribution in [0.25, 0.3) is 4.96 Å². The van der Waals surface area contributed by atoms with Crippen molar-refractivity contribution in [3.05, 3.63) is 22.1 Å². The minimum Gasteiger partial charge on any atom is -0.343 e. The molecule has 0 aromatic carbocycles. The van der Waals surface area contributed by atoms with Gasteiger partial charge in [0.25, 0.3) is 5.56 Å². The fraction of sp³-hybridized carbons (Fsp3) is 0.647. The van der Waals surface area contributed by atoms with Crippen LogP contribution in [0.3, 0.4) is 0 Å². The number of rotatable bonds is 3. The molecule has 1 aliphatic carbocycles. The van der Waals surface area contributed by atoms with E-state index in [1.54, 1.807) is 4.52 Å². The number of fused-ring (bicyclic) bond motifs is 1. The number of nitrogens with zero attached hydrogens (tertiary/aromatic N) is 5. The van der Waals surface area contributed by atoms with Crippen LogP contribution in [0.15, 0.2) is 10.9 Å². The Labute approximate surface area is 150 Å². The summed E-state index contributed by atoms with van der Waals surface area (Å²) in [5.41, 5.74) is 0.568. The predicted octanol–water partition coefficient (Wildman–Crippen LogP) is 1.69. The van der Waals surface area contributed by atoms with Gasteiger partial charge in [0.15, 0.2) is 0 Å². The second-order valence-electron chi connectivity index (χ2n) is 7.04. The fourth-order valence-corrected chi connectivity index (χ4v) is 4.81. The highest BCUT2D eigenvalue weighted by Gasteiger charge is 2.26.